The molecular formula is C12H19NO2. The van der Waals surface area contributed by atoms with Crippen molar-refractivity contribution in [3.63, 3.8) is 0 Å². The molecule has 15 heavy (non-hydrogen) atoms. The summed E-state index contributed by atoms with van der Waals surface area (Å²) in [4.78, 5) is 0. The third-order valence-electron chi connectivity index (χ3n) is 2.95. The number of hydrogen-bond acceptors (Lipinski definition) is 3. The van der Waals surface area contributed by atoms with Crippen LogP contribution in [0.2, 0.25) is 0 Å². The summed E-state index contributed by atoms with van der Waals surface area (Å²) in [7, 11) is 1.63. The molecule has 1 atom stereocenters. The van der Waals surface area contributed by atoms with E-state index in [1.807, 2.05) is 26.8 Å². The topological polar surface area (TPSA) is 55.5 Å². The Labute approximate surface area is 90.9 Å². The molecule has 0 saturated carbocycles. The Hall–Kier alpha value is -1.22. The van der Waals surface area contributed by atoms with Gasteiger partial charge >= 0.3 is 0 Å². The third kappa shape index (κ3) is 2.07. The van der Waals surface area contributed by atoms with Crippen LogP contribution in [0.5, 0.6) is 11.5 Å². The molecule has 0 amide bonds. The second kappa shape index (κ2) is 4.53. The van der Waals surface area contributed by atoms with Crippen molar-refractivity contribution in [1.82, 2.24) is 0 Å². The number of ether oxygens (including phenoxy) is 1. The van der Waals surface area contributed by atoms with Crippen molar-refractivity contribution in [3.05, 3.63) is 22.8 Å². The van der Waals surface area contributed by atoms with Crippen LogP contribution in [0.4, 0.5) is 0 Å². The van der Waals surface area contributed by atoms with E-state index in [1.165, 1.54) is 0 Å². The molecular weight excluding hydrogens is 190 g/mol. The summed E-state index contributed by atoms with van der Waals surface area (Å²) in [6.07, 6.45) is 0. The van der Waals surface area contributed by atoms with Crippen LogP contribution in [-0.4, -0.2) is 18.8 Å². The number of hydrogen-bond donors (Lipinski definition) is 2. The Bertz CT molecular complexity index is 361. The van der Waals surface area contributed by atoms with E-state index in [0.717, 1.165) is 22.4 Å². The summed E-state index contributed by atoms with van der Waals surface area (Å²) < 4.78 is 5.26. The zero-order valence-electron chi connectivity index (χ0n) is 9.79. The van der Waals surface area contributed by atoms with Gasteiger partial charge in [0.05, 0.1) is 7.11 Å². The number of aromatic hydroxyl groups is 1. The lowest BCUT2D eigenvalue weighted by Gasteiger charge is -2.17. The van der Waals surface area contributed by atoms with Gasteiger partial charge in [0.15, 0.2) is 0 Å². The maximum absolute atomic E-state index is 9.99. The Morgan fingerprint density at radius 2 is 2.00 bits per heavy atom. The molecule has 0 aliphatic carbocycles. The van der Waals surface area contributed by atoms with Crippen LogP contribution >= 0.6 is 0 Å². The fourth-order valence-electron chi connectivity index (χ4n) is 1.61. The zero-order chi connectivity index (χ0) is 11.6. The lowest BCUT2D eigenvalue weighted by molar-refractivity contribution is 0.405. The van der Waals surface area contributed by atoms with Crippen molar-refractivity contribution < 1.29 is 9.84 Å². The van der Waals surface area contributed by atoms with E-state index in [2.05, 4.69) is 0 Å². The Kier molecular flexibility index (Phi) is 3.58. The SMILES string of the molecule is COc1cc(C(C)CN)c(O)c(C)c1C. The lowest BCUT2D eigenvalue weighted by atomic mass is 9.95. The number of phenolic OH excluding ortho intramolecular Hbond substituents is 1. The molecule has 0 heterocycles. The van der Waals surface area contributed by atoms with Gasteiger partial charge in [0, 0.05) is 5.56 Å². The molecule has 84 valence electrons. The molecule has 3 nitrogen and oxygen atoms in total. The van der Waals surface area contributed by atoms with E-state index < -0.39 is 0 Å². The smallest absolute Gasteiger partial charge is 0.122 e. The van der Waals surface area contributed by atoms with E-state index in [1.54, 1.807) is 7.11 Å². The van der Waals surface area contributed by atoms with Gasteiger partial charge in [0.1, 0.15) is 11.5 Å². The maximum atomic E-state index is 9.99. The highest BCUT2D eigenvalue weighted by atomic mass is 16.5. The van der Waals surface area contributed by atoms with E-state index in [4.69, 9.17) is 10.5 Å². The predicted octanol–water partition coefficient (Wildman–Crippen LogP) is 2.08. The lowest BCUT2D eigenvalue weighted by Crippen LogP contribution is -2.10. The maximum Gasteiger partial charge on any atom is 0.122 e. The average molecular weight is 209 g/mol. The molecule has 0 fully saturated rings. The summed E-state index contributed by atoms with van der Waals surface area (Å²) in [5, 5.41) is 9.99. The normalized spacial score (nSPS) is 12.6. The molecule has 0 bridgehead atoms. The molecule has 0 aliphatic heterocycles. The van der Waals surface area contributed by atoms with Gasteiger partial charge in [0.25, 0.3) is 0 Å². The monoisotopic (exact) mass is 209 g/mol. The summed E-state index contributed by atoms with van der Waals surface area (Å²) in [5.74, 6) is 1.28. The molecule has 1 rings (SSSR count). The first-order valence-electron chi connectivity index (χ1n) is 5.10. The minimum absolute atomic E-state index is 0.137. The van der Waals surface area contributed by atoms with Crippen LogP contribution in [0.1, 0.15) is 29.5 Å². The number of methoxy groups -OCH3 is 1. The first-order chi connectivity index (χ1) is 7.02. The molecule has 1 aromatic carbocycles. The average Bonchev–Trinajstić information content (AvgIpc) is 2.25. The van der Waals surface area contributed by atoms with Gasteiger partial charge in [0.2, 0.25) is 0 Å². The fraction of sp³-hybridized carbons (Fsp3) is 0.500. The first kappa shape index (κ1) is 11.9. The summed E-state index contributed by atoms with van der Waals surface area (Å²) in [6, 6.07) is 1.87. The third-order valence-corrected chi connectivity index (χ3v) is 2.95. The van der Waals surface area contributed by atoms with Gasteiger partial charge in [-0.2, -0.15) is 0 Å². The Morgan fingerprint density at radius 3 is 2.47 bits per heavy atom. The highest BCUT2D eigenvalue weighted by Gasteiger charge is 2.15. The van der Waals surface area contributed by atoms with Crippen molar-refractivity contribution in [2.24, 2.45) is 5.73 Å². The summed E-state index contributed by atoms with van der Waals surface area (Å²) >= 11 is 0. The molecule has 1 unspecified atom stereocenters. The van der Waals surface area contributed by atoms with Gasteiger partial charge in [-0.1, -0.05) is 6.92 Å². The van der Waals surface area contributed by atoms with E-state index in [-0.39, 0.29) is 5.92 Å². The quantitative estimate of drug-likeness (QED) is 0.801. The largest absolute Gasteiger partial charge is 0.507 e. The summed E-state index contributed by atoms with van der Waals surface area (Å²) in [5.41, 5.74) is 8.30. The van der Waals surface area contributed by atoms with Crippen molar-refractivity contribution in [1.29, 1.82) is 0 Å². The minimum Gasteiger partial charge on any atom is -0.507 e. The number of rotatable bonds is 3. The minimum atomic E-state index is 0.137. The van der Waals surface area contributed by atoms with Crippen molar-refractivity contribution in [2.75, 3.05) is 13.7 Å². The van der Waals surface area contributed by atoms with Gasteiger partial charge in [-0.25, -0.2) is 0 Å². The van der Waals surface area contributed by atoms with Gasteiger partial charge in [-0.15, -0.1) is 0 Å². The van der Waals surface area contributed by atoms with E-state index in [0.29, 0.717) is 12.3 Å². The first-order valence-corrected chi connectivity index (χ1v) is 5.10. The Morgan fingerprint density at radius 1 is 1.40 bits per heavy atom. The zero-order valence-corrected chi connectivity index (χ0v) is 9.79. The van der Waals surface area contributed by atoms with Crippen LogP contribution < -0.4 is 10.5 Å². The second-order valence-corrected chi connectivity index (χ2v) is 3.90. The van der Waals surface area contributed by atoms with Crippen LogP contribution in [0.3, 0.4) is 0 Å². The Balaban J connectivity index is 3.35. The van der Waals surface area contributed by atoms with Crippen molar-refractivity contribution in [2.45, 2.75) is 26.7 Å². The van der Waals surface area contributed by atoms with Crippen LogP contribution in [0.15, 0.2) is 6.07 Å². The molecule has 0 aliphatic rings. The number of nitrogens with two attached hydrogens (primary N) is 1. The van der Waals surface area contributed by atoms with E-state index in [9.17, 15) is 5.11 Å². The highest BCUT2D eigenvalue weighted by molar-refractivity contribution is 5.53. The second-order valence-electron chi connectivity index (χ2n) is 3.90. The van der Waals surface area contributed by atoms with Crippen LogP contribution in [0.25, 0.3) is 0 Å². The summed E-state index contributed by atoms with van der Waals surface area (Å²) in [6.45, 7) is 6.33. The van der Waals surface area contributed by atoms with Gasteiger partial charge in [-0.05, 0) is 43.5 Å². The molecule has 1 aromatic rings. The number of phenols is 1. The molecule has 3 heteroatoms. The van der Waals surface area contributed by atoms with Gasteiger partial charge in [-0.3, -0.25) is 0 Å². The highest BCUT2D eigenvalue weighted by Crippen LogP contribution is 2.36. The molecule has 0 saturated heterocycles. The van der Waals surface area contributed by atoms with E-state index >= 15 is 0 Å². The van der Waals surface area contributed by atoms with Crippen LogP contribution in [0, 0.1) is 13.8 Å². The van der Waals surface area contributed by atoms with Crippen molar-refractivity contribution in [3.8, 4) is 11.5 Å². The standard InChI is InChI=1S/C12H19NO2/c1-7(6-13)10-5-11(15-4)8(2)9(3)12(10)14/h5,7,14H,6,13H2,1-4H3. The van der Waals surface area contributed by atoms with Crippen molar-refractivity contribution >= 4 is 0 Å². The molecule has 0 aromatic heterocycles. The molecule has 0 spiro atoms. The predicted molar refractivity (Wildman–Crippen MR) is 61.6 cm³/mol. The fourth-order valence-corrected chi connectivity index (χ4v) is 1.61. The van der Waals surface area contributed by atoms with Gasteiger partial charge < -0.3 is 15.6 Å². The molecule has 0 radical (unpaired) electrons. The van der Waals surface area contributed by atoms with Crippen LogP contribution in [-0.2, 0) is 0 Å². The molecule has 3 N–H and O–H groups in total. The number of benzene rings is 1.